The summed E-state index contributed by atoms with van der Waals surface area (Å²) < 4.78 is 2.19. The summed E-state index contributed by atoms with van der Waals surface area (Å²) in [5.74, 6) is -0.571. The molecule has 5 rings (SSSR count). The third-order valence-corrected chi connectivity index (χ3v) is 7.00. The molecule has 0 saturated carbocycles. The van der Waals surface area contributed by atoms with E-state index >= 15 is 0 Å². The van der Waals surface area contributed by atoms with Gasteiger partial charge in [-0.1, -0.05) is 18.2 Å². The number of nitrogens with zero attached hydrogens (tertiary/aromatic N) is 5. The van der Waals surface area contributed by atoms with Crippen molar-refractivity contribution in [3.05, 3.63) is 68.0 Å². The zero-order valence-corrected chi connectivity index (χ0v) is 20.1. The van der Waals surface area contributed by atoms with E-state index in [1.54, 1.807) is 22.8 Å². The molecule has 0 radical (unpaired) electrons. The van der Waals surface area contributed by atoms with E-state index in [1.165, 1.54) is 11.6 Å². The van der Waals surface area contributed by atoms with Crippen molar-refractivity contribution in [3.8, 4) is 0 Å². The van der Waals surface area contributed by atoms with Crippen LogP contribution >= 0.6 is 0 Å². The molecule has 9 heteroatoms. The van der Waals surface area contributed by atoms with Crippen LogP contribution in [0.2, 0.25) is 0 Å². The number of likely N-dealkylation sites (tertiary alicyclic amines) is 1. The Morgan fingerprint density at radius 3 is 2.51 bits per heavy atom. The Kier molecular flexibility index (Phi) is 6.00. The van der Waals surface area contributed by atoms with Gasteiger partial charge in [0.15, 0.2) is 0 Å². The van der Waals surface area contributed by atoms with Crippen LogP contribution in [-0.2, 0) is 24.8 Å². The van der Waals surface area contributed by atoms with E-state index < -0.39 is 17.8 Å². The summed E-state index contributed by atoms with van der Waals surface area (Å²) in [6.07, 6.45) is 4.60. The third-order valence-electron chi connectivity index (χ3n) is 7.00. The molecule has 0 aliphatic carbocycles. The van der Waals surface area contributed by atoms with Gasteiger partial charge in [0.2, 0.25) is 5.91 Å². The molecule has 0 unspecified atom stereocenters. The van der Waals surface area contributed by atoms with E-state index in [2.05, 4.69) is 4.98 Å². The lowest BCUT2D eigenvalue weighted by Gasteiger charge is -2.29. The van der Waals surface area contributed by atoms with Crippen molar-refractivity contribution in [2.75, 3.05) is 24.5 Å². The number of aryl methyl sites for hydroxylation is 3. The molecule has 0 spiro atoms. The van der Waals surface area contributed by atoms with E-state index in [0.717, 1.165) is 47.9 Å². The predicted octanol–water partition coefficient (Wildman–Crippen LogP) is 2.01. The molecule has 0 atom stereocenters. The molecule has 35 heavy (non-hydrogen) atoms. The lowest BCUT2D eigenvalue weighted by Crippen LogP contribution is -2.46. The SMILES string of the molecule is Cc1cc(C(=O)N2CCCCC2)c2c(=O)n(CC(=O)N3CCCc4ccccc43)c(=O)n(C)c2n1. The van der Waals surface area contributed by atoms with Crippen LogP contribution in [0.3, 0.4) is 0 Å². The monoisotopic (exact) mass is 475 g/mol. The Balaban J connectivity index is 1.60. The van der Waals surface area contributed by atoms with Gasteiger partial charge in [-0.15, -0.1) is 0 Å². The molecule has 1 saturated heterocycles. The maximum Gasteiger partial charge on any atom is 0.332 e. The first-order chi connectivity index (χ1) is 16.9. The molecule has 9 nitrogen and oxygen atoms in total. The van der Waals surface area contributed by atoms with Gasteiger partial charge in [0.05, 0.1) is 10.9 Å². The lowest BCUT2D eigenvalue weighted by molar-refractivity contribution is -0.119. The summed E-state index contributed by atoms with van der Waals surface area (Å²) in [4.78, 5) is 61.4. The molecule has 0 bridgehead atoms. The number of fused-ring (bicyclic) bond motifs is 2. The van der Waals surface area contributed by atoms with E-state index in [0.29, 0.717) is 25.3 Å². The highest BCUT2D eigenvalue weighted by Gasteiger charge is 2.27. The molecule has 1 aromatic carbocycles. The quantitative estimate of drug-likeness (QED) is 0.577. The first-order valence-electron chi connectivity index (χ1n) is 12.2. The van der Waals surface area contributed by atoms with Crippen molar-refractivity contribution in [2.45, 2.75) is 45.6 Å². The van der Waals surface area contributed by atoms with E-state index in [4.69, 9.17) is 0 Å². The number of para-hydroxylation sites is 1. The second-order valence-corrected chi connectivity index (χ2v) is 9.37. The third kappa shape index (κ3) is 4.05. The fourth-order valence-corrected chi connectivity index (χ4v) is 5.19. The number of anilines is 1. The standard InChI is InChI=1S/C26H29N5O4/c1-17-15-19(24(33)29-12-6-3-7-13-29)22-23(27-17)28(2)26(35)31(25(22)34)16-21(32)30-14-8-10-18-9-4-5-11-20(18)30/h4-5,9,11,15H,3,6-8,10,12-14,16H2,1-2H3. The van der Waals surface area contributed by atoms with E-state index in [-0.39, 0.29) is 28.4 Å². The van der Waals surface area contributed by atoms with Gasteiger partial charge < -0.3 is 9.80 Å². The fraction of sp³-hybridized carbons (Fsp3) is 0.423. The molecular formula is C26H29N5O4. The van der Waals surface area contributed by atoms with Gasteiger partial charge in [0.1, 0.15) is 12.2 Å². The van der Waals surface area contributed by atoms with Crippen LogP contribution in [0, 0.1) is 6.92 Å². The summed E-state index contributed by atoms with van der Waals surface area (Å²) in [6, 6.07) is 9.29. The van der Waals surface area contributed by atoms with E-state index in [9.17, 15) is 19.2 Å². The predicted molar refractivity (Wildman–Crippen MR) is 133 cm³/mol. The minimum absolute atomic E-state index is 0.0834. The molecule has 4 heterocycles. The molecule has 0 N–H and O–H groups in total. The van der Waals surface area contributed by atoms with Crippen molar-refractivity contribution >= 4 is 28.5 Å². The fourth-order valence-electron chi connectivity index (χ4n) is 5.19. The van der Waals surface area contributed by atoms with Gasteiger partial charge in [-0.3, -0.25) is 23.5 Å². The second kappa shape index (κ2) is 9.13. The summed E-state index contributed by atoms with van der Waals surface area (Å²) >= 11 is 0. The number of pyridine rings is 1. The Hall–Kier alpha value is -3.75. The highest BCUT2D eigenvalue weighted by Crippen LogP contribution is 2.27. The highest BCUT2D eigenvalue weighted by molar-refractivity contribution is 6.05. The van der Waals surface area contributed by atoms with Gasteiger partial charge in [0.25, 0.3) is 11.5 Å². The summed E-state index contributed by atoms with van der Waals surface area (Å²) in [5.41, 5.74) is 1.54. The Labute approximate surface area is 202 Å². The maximum atomic E-state index is 13.7. The average molecular weight is 476 g/mol. The number of carbonyl (C=O) groups excluding carboxylic acids is 2. The summed E-state index contributed by atoms with van der Waals surface area (Å²) in [7, 11) is 1.52. The lowest BCUT2D eigenvalue weighted by atomic mass is 10.0. The van der Waals surface area contributed by atoms with Gasteiger partial charge in [-0.25, -0.2) is 9.78 Å². The highest BCUT2D eigenvalue weighted by atomic mass is 16.2. The second-order valence-electron chi connectivity index (χ2n) is 9.37. The van der Waals surface area contributed by atoms with Gasteiger partial charge >= 0.3 is 5.69 Å². The number of piperidine rings is 1. The molecule has 2 aliphatic rings. The number of rotatable bonds is 3. The van der Waals surface area contributed by atoms with Gasteiger partial charge in [0, 0.05) is 38.1 Å². The zero-order valence-electron chi connectivity index (χ0n) is 20.1. The van der Waals surface area contributed by atoms with E-state index in [1.807, 2.05) is 24.3 Å². The van der Waals surface area contributed by atoms with Crippen LogP contribution in [0.4, 0.5) is 5.69 Å². The number of benzene rings is 1. The van der Waals surface area contributed by atoms with Crippen LogP contribution in [-0.4, -0.2) is 50.5 Å². The molecule has 182 valence electrons. The number of hydrogen-bond acceptors (Lipinski definition) is 5. The topological polar surface area (TPSA) is 97.5 Å². The van der Waals surface area contributed by atoms with Crippen LogP contribution in [0.25, 0.3) is 11.0 Å². The summed E-state index contributed by atoms with van der Waals surface area (Å²) in [5, 5.41) is 0.0834. The number of aromatic nitrogens is 3. The number of amides is 2. The molecular weight excluding hydrogens is 446 g/mol. The van der Waals surface area contributed by atoms with Crippen molar-refractivity contribution < 1.29 is 9.59 Å². The smallest absolute Gasteiger partial charge is 0.332 e. The van der Waals surface area contributed by atoms with Gasteiger partial charge in [-0.2, -0.15) is 0 Å². The van der Waals surface area contributed by atoms with Crippen molar-refractivity contribution in [1.29, 1.82) is 0 Å². The molecule has 2 amide bonds. The van der Waals surface area contributed by atoms with Gasteiger partial charge in [-0.05, 0) is 56.7 Å². The Morgan fingerprint density at radius 2 is 1.74 bits per heavy atom. The first kappa shape index (κ1) is 23.0. The molecule has 3 aromatic rings. The molecule has 1 fully saturated rings. The first-order valence-corrected chi connectivity index (χ1v) is 12.2. The Morgan fingerprint density at radius 1 is 1.00 bits per heavy atom. The minimum atomic E-state index is -0.658. The average Bonchev–Trinajstić information content (AvgIpc) is 2.89. The van der Waals surface area contributed by atoms with Crippen molar-refractivity contribution in [3.63, 3.8) is 0 Å². The van der Waals surface area contributed by atoms with Crippen LogP contribution < -0.4 is 16.1 Å². The number of hydrogen-bond donors (Lipinski definition) is 0. The van der Waals surface area contributed by atoms with Crippen LogP contribution in [0.15, 0.2) is 39.9 Å². The maximum absolute atomic E-state index is 13.7. The van der Waals surface area contributed by atoms with Crippen molar-refractivity contribution in [1.82, 2.24) is 19.0 Å². The largest absolute Gasteiger partial charge is 0.339 e. The van der Waals surface area contributed by atoms with Crippen LogP contribution in [0.1, 0.15) is 47.3 Å². The normalized spacial score (nSPS) is 15.8. The zero-order chi connectivity index (χ0) is 24.7. The van der Waals surface area contributed by atoms with Crippen molar-refractivity contribution in [2.24, 2.45) is 7.05 Å². The summed E-state index contributed by atoms with van der Waals surface area (Å²) in [6.45, 7) is 3.13. The number of carbonyl (C=O) groups is 2. The minimum Gasteiger partial charge on any atom is -0.339 e. The Bertz CT molecular complexity index is 1450. The molecule has 2 aromatic heterocycles. The van der Waals surface area contributed by atoms with Crippen LogP contribution in [0.5, 0.6) is 0 Å². The molecule has 2 aliphatic heterocycles.